The number of thiazole rings is 1. The van der Waals surface area contributed by atoms with E-state index in [0.29, 0.717) is 32.8 Å². The van der Waals surface area contributed by atoms with Crippen molar-refractivity contribution in [3.05, 3.63) is 24.3 Å². The highest BCUT2D eigenvalue weighted by atomic mass is 32.1. The van der Waals surface area contributed by atoms with E-state index in [1.165, 1.54) is 0 Å². The van der Waals surface area contributed by atoms with Gasteiger partial charge in [-0.15, -0.1) is 0 Å². The Morgan fingerprint density at radius 2 is 2.15 bits per heavy atom. The maximum atomic E-state index is 12.2. The molecule has 1 saturated heterocycles. The third-order valence-electron chi connectivity index (χ3n) is 3.35. The molecule has 5 nitrogen and oxygen atoms in total. The number of rotatable bonds is 3. The van der Waals surface area contributed by atoms with Gasteiger partial charge in [-0.2, -0.15) is 0 Å². The van der Waals surface area contributed by atoms with Crippen LogP contribution in [0, 0.1) is 0 Å². The van der Waals surface area contributed by atoms with Crippen molar-refractivity contribution in [3.63, 3.8) is 0 Å². The van der Waals surface area contributed by atoms with E-state index in [2.05, 4.69) is 4.98 Å². The van der Waals surface area contributed by atoms with Gasteiger partial charge in [0.05, 0.1) is 30.0 Å². The average Bonchev–Trinajstić information content (AvgIpc) is 2.92. The van der Waals surface area contributed by atoms with Gasteiger partial charge in [0.2, 0.25) is 5.91 Å². The molecule has 0 spiro atoms. The lowest BCUT2D eigenvalue weighted by Gasteiger charge is -2.28. The third kappa shape index (κ3) is 2.76. The smallest absolute Gasteiger partial charge is 0.242 e. The van der Waals surface area contributed by atoms with Gasteiger partial charge < -0.3 is 14.5 Å². The number of ether oxygens (including phenoxy) is 1. The third-order valence-corrected chi connectivity index (χ3v) is 4.50. The fourth-order valence-corrected chi connectivity index (χ4v) is 3.13. The van der Waals surface area contributed by atoms with E-state index in [4.69, 9.17) is 4.74 Å². The molecule has 0 N–H and O–H groups in total. The molecular weight excluding hydrogens is 274 g/mol. The van der Waals surface area contributed by atoms with E-state index in [0.717, 1.165) is 15.3 Å². The molecule has 0 radical (unpaired) electrons. The topological polar surface area (TPSA) is 45.7 Å². The number of carbonyl (C=O) groups excluding carboxylic acids is 1. The summed E-state index contributed by atoms with van der Waals surface area (Å²) in [6.07, 6.45) is 0. The van der Waals surface area contributed by atoms with Crippen molar-refractivity contribution >= 4 is 32.6 Å². The molecule has 1 aromatic carbocycles. The van der Waals surface area contributed by atoms with Gasteiger partial charge in [-0.1, -0.05) is 23.5 Å². The van der Waals surface area contributed by atoms with Gasteiger partial charge >= 0.3 is 0 Å². The Labute approximate surface area is 121 Å². The second kappa shape index (κ2) is 5.76. The lowest BCUT2D eigenvalue weighted by molar-refractivity contribution is -0.133. The summed E-state index contributed by atoms with van der Waals surface area (Å²) in [5.41, 5.74) is 0.984. The Morgan fingerprint density at radius 3 is 2.90 bits per heavy atom. The molecule has 20 heavy (non-hydrogen) atoms. The molecule has 1 amide bonds. The van der Waals surface area contributed by atoms with E-state index < -0.39 is 0 Å². The van der Waals surface area contributed by atoms with Crippen molar-refractivity contribution in [3.8, 4) is 0 Å². The largest absolute Gasteiger partial charge is 0.378 e. The molecule has 1 fully saturated rings. The summed E-state index contributed by atoms with van der Waals surface area (Å²) in [5, 5.41) is 0.882. The quantitative estimate of drug-likeness (QED) is 0.861. The second-order valence-electron chi connectivity index (χ2n) is 4.81. The lowest BCUT2D eigenvalue weighted by atomic mass is 10.3. The Morgan fingerprint density at radius 1 is 1.40 bits per heavy atom. The molecule has 0 saturated carbocycles. The number of morpholine rings is 1. The SMILES string of the molecule is CN(CC(=O)N1CCOCC1)c1nc2ccccc2s1. The monoisotopic (exact) mass is 291 g/mol. The zero-order chi connectivity index (χ0) is 13.9. The summed E-state index contributed by atoms with van der Waals surface area (Å²) in [7, 11) is 1.91. The Kier molecular flexibility index (Phi) is 3.84. The van der Waals surface area contributed by atoms with Gasteiger partial charge in [-0.3, -0.25) is 4.79 Å². The molecular formula is C14H17N3O2S. The summed E-state index contributed by atoms with van der Waals surface area (Å²) < 4.78 is 6.41. The number of anilines is 1. The van der Waals surface area contributed by atoms with Gasteiger partial charge in [0.25, 0.3) is 0 Å². The Balaban J connectivity index is 1.68. The van der Waals surface area contributed by atoms with E-state index in [-0.39, 0.29) is 5.91 Å². The average molecular weight is 291 g/mol. The van der Waals surface area contributed by atoms with Crippen LogP contribution in [0.25, 0.3) is 10.2 Å². The summed E-state index contributed by atoms with van der Waals surface area (Å²) >= 11 is 1.61. The first kappa shape index (κ1) is 13.3. The van der Waals surface area contributed by atoms with Crippen LogP contribution in [-0.2, 0) is 9.53 Å². The molecule has 1 aliphatic heterocycles. The minimum Gasteiger partial charge on any atom is -0.378 e. The Bertz CT molecular complexity index is 574. The predicted molar refractivity (Wildman–Crippen MR) is 80.3 cm³/mol. The minimum absolute atomic E-state index is 0.134. The normalized spacial score (nSPS) is 15.6. The van der Waals surface area contributed by atoms with Crippen molar-refractivity contribution in [2.24, 2.45) is 0 Å². The number of likely N-dealkylation sites (N-methyl/N-ethyl adjacent to an activating group) is 1. The number of fused-ring (bicyclic) bond motifs is 1. The van der Waals surface area contributed by atoms with Crippen molar-refractivity contribution < 1.29 is 9.53 Å². The van der Waals surface area contributed by atoms with Gasteiger partial charge in [0.15, 0.2) is 5.13 Å². The van der Waals surface area contributed by atoms with Crippen LogP contribution in [0.2, 0.25) is 0 Å². The van der Waals surface area contributed by atoms with E-state index >= 15 is 0 Å². The van der Waals surface area contributed by atoms with Crippen molar-refractivity contribution in [1.82, 2.24) is 9.88 Å². The fraction of sp³-hybridized carbons (Fsp3) is 0.429. The molecule has 2 aromatic rings. The van der Waals surface area contributed by atoms with Crippen LogP contribution in [0.1, 0.15) is 0 Å². The maximum absolute atomic E-state index is 12.2. The first-order chi connectivity index (χ1) is 9.74. The fourth-order valence-electron chi connectivity index (χ4n) is 2.21. The van der Waals surface area contributed by atoms with E-state index in [9.17, 15) is 4.79 Å². The predicted octanol–water partition coefficient (Wildman–Crippen LogP) is 1.59. The van der Waals surface area contributed by atoms with Gasteiger partial charge in [0.1, 0.15) is 0 Å². The van der Waals surface area contributed by atoms with Crippen LogP contribution in [0.4, 0.5) is 5.13 Å². The van der Waals surface area contributed by atoms with Crippen LogP contribution in [-0.4, -0.2) is 55.7 Å². The number of benzene rings is 1. The molecule has 0 atom stereocenters. The summed E-state index contributed by atoms with van der Waals surface area (Å²) in [6, 6.07) is 8.02. The molecule has 0 unspecified atom stereocenters. The molecule has 3 rings (SSSR count). The molecule has 0 bridgehead atoms. The standard InChI is InChI=1S/C14H17N3O2S/c1-16(10-13(18)17-6-8-19-9-7-17)14-15-11-4-2-3-5-12(11)20-14/h2-5H,6-10H2,1H3. The lowest BCUT2D eigenvalue weighted by Crippen LogP contribution is -2.45. The van der Waals surface area contributed by atoms with E-state index in [1.54, 1.807) is 11.3 Å². The van der Waals surface area contributed by atoms with Gasteiger partial charge in [-0.05, 0) is 12.1 Å². The molecule has 6 heteroatoms. The zero-order valence-corrected chi connectivity index (χ0v) is 12.2. The van der Waals surface area contributed by atoms with Crippen molar-refractivity contribution in [2.45, 2.75) is 0 Å². The molecule has 1 aliphatic rings. The van der Waals surface area contributed by atoms with Crippen molar-refractivity contribution in [2.75, 3.05) is 44.8 Å². The number of carbonyl (C=O) groups is 1. The Hall–Kier alpha value is -1.66. The number of hydrogen-bond acceptors (Lipinski definition) is 5. The maximum Gasteiger partial charge on any atom is 0.242 e. The highest BCUT2D eigenvalue weighted by Crippen LogP contribution is 2.27. The zero-order valence-electron chi connectivity index (χ0n) is 11.4. The molecule has 106 valence electrons. The molecule has 2 heterocycles. The van der Waals surface area contributed by atoms with E-state index in [1.807, 2.05) is 41.1 Å². The minimum atomic E-state index is 0.134. The number of nitrogens with zero attached hydrogens (tertiary/aromatic N) is 3. The first-order valence-corrected chi connectivity index (χ1v) is 7.48. The van der Waals surface area contributed by atoms with Crippen molar-refractivity contribution in [1.29, 1.82) is 0 Å². The molecule has 0 aliphatic carbocycles. The summed E-state index contributed by atoms with van der Waals surface area (Å²) in [4.78, 5) is 20.5. The number of amides is 1. The number of aromatic nitrogens is 1. The highest BCUT2D eigenvalue weighted by molar-refractivity contribution is 7.22. The first-order valence-electron chi connectivity index (χ1n) is 6.66. The number of para-hydroxylation sites is 1. The van der Waals surface area contributed by atoms with Crippen LogP contribution in [0.15, 0.2) is 24.3 Å². The highest BCUT2D eigenvalue weighted by Gasteiger charge is 2.19. The second-order valence-corrected chi connectivity index (χ2v) is 5.82. The van der Waals surface area contributed by atoms with Gasteiger partial charge in [-0.25, -0.2) is 4.98 Å². The summed E-state index contributed by atoms with van der Waals surface area (Å²) in [5.74, 6) is 0.134. The number of hydrogen-bond donors (Lipinski definition) is 0. The van der Waals surface area contributed by atoms with Gasteiger partial charge in [0, 0.05) is 20.1 Å². The van der Waals surface area contributed by atoms with Crippen LogP contribution >= 0.6 is 11.3 Å². The van der Waals surface area contributed by atoms with Crippen LogP contribution in [0.3, 0.4) is 0 Å². The molecule has 1 aromatic heterocycles. The summed E-state index contributed by atoms with van der Waals surface area (Å²) in [6.45, 7) is 3.01. The van der Waals surface area contributed by atoms with Crippen LogP contribution < -0.4 is 4.90 Å². The van der Waals surface area contributed by atoms with Crippen LogP contribution in [0.5, 0.6) is 0 Å².